The smallest absolute Gasteiger partial charge is 0.133 e. The highest BCUT2D eigenvalue weighted by Gasteiger charge is 2.52. The number of phenolic OH excluding ortho intramolecular Hbond substituents is 1. The maximum atomic E-state index is 11.9. The molecular formula is C18H22O2. The molecule has 4 rings (SSSR count). The minimum absolute atomic E-state index is 0.271. The van der Waals surface area contributed by atoms with Crippen LogP contribution in [-0.4, -0.2) is 10.9 Å². The predicted octanol–water partition coefficient (Wildman–Crippen LogP) is 3.82. The molecule has 1 N–H and O–H groups in total. The fourth-order valence-corrected chi connectivity index (χ4v) is 5.35. The Balaban J connectivity index is 1.72. The van der Waals surface area contributed by atoms with Crippen molar-refractivity contribution in [2.24, 2.45) is 17.3 Å². The van der Waals surface area contributed by atoms with Crippen LogP contribution >= 0.6 is 0 Å². The third-order valence-corrected chi connectivity index (χ3v) is 6.28. The van der Waals surface area contributed by atoms with Gasteiger partial charge in [0.2, 0.25) is 0 Å². The van der Waals surface area contributed by atoms with Crippen LogP contribution in [0, 0.1) is 17.3 Å². The molecule has 4 atom stereocenters. The largest absolute Gasteiger partial charge is 0.508 e. The van der Waals surface area contributed by atoms with E-state index in [1.165, 1.54) is 30.4 Å². The highest BCUT2D eigenvalue weighted by atomic mass is 16.3. The van der Waals surface area contributed by atoms with Gasteiger partial charge in [0, 0.05) is 12.8 Å². The van der Waals surface area contributed by atoms with Crippen LogP contribution in [0.25, 0.3) is 0 Å². The summed E-state index contributed by atoms with van der Waals surface area (Å²) in [4.78, 5) is 11.9. The highest BCUT2D eigenvalue weighted by molar-refractivity contribution is 5.82. The van der Waals surface area contributed by atoms with Crippen LogP contribution in [0.4, 0.5) is 0 Å². The van der Waals surface area contributed by atoms with Crippen molar-refractivity contribution >= 4 is 5.78 Å². The van der Waals surface area contributed by atoms with Crippen LogP contribution in [0.2, 0.25) is 0 Å². The first-order valence-electron chi connectivity index (χ1n) is 7.90. The molecule has 106 valence electrons. The van der Waals surface area contributed by atoms with Gasteiger partial charge in [0.05, 0.1) is 0 Å². The molecule has 2 saturated carbocycles. The molecular weight excluding hydrogens is 248 g/mol. The third-order valence-electron chi connectivity index (χ3n) is 6.28. The summed E-state index contributed by atoms with van der Waals surface area (Å²) in [5.74, 6) is 2.75. The molecule has 0 radical (unpaired) electrons. The summed E-state index contributed by atoms with van der Waals surface area (Å²) in [6.07, 6.45) is 6.27. The monoisotopic (exact) mass is 270 g/mol. The minimum atomic E-state index is 0.271. The van der Waals surface area contributed by atoms with Crippen molar-refractivity contribution in [2.45, 2.75) is 51.4 Å². The van der Waals surface area contributed by atoms with Gasteiger partial charge in [-0.15, -0.1) is 0 Å². The number of hydrogen-bond acceptors (Lipinski definition) is 2. The summed E-state index contributed by atoms with van der Waals surface area (Å²) in [6.45, 7) is 2.34. The lowest BCUT2D eigenvalue weighted by Crippen LogP contribution is -2.39. The van der Waals surface area contributed by atoms with Crippen molar-refractivity contribution < 1.29 is 9.90 Å². The Hall–Kier alpha value is -1.31. The third kappa shape index (κ3) is 1.66. The normalized spacial score (nSPS) is 39.0. The SMILES string of the molecule is C[C@@]12CC[C@@H]3c4ccc(O)cc4CC[C@@H]3[C@@H]1CC(=O)C2. The van der Waals surface area contributed by atoms with Gasteiger partial charge in [0.25, 0.3) is 0 Å². The topological polar surface area (TPSA) is 37.3 Å². The van der Waals surface area contributed by atoms with E-state index in [0.717, 1.165) is 19.3 Å². The first-order valence-corrected chi connectivity index (χ1v) is 7.90. The second-order valence-electron chi connectivity index (χ2n) is 7.41. The van der Waals surface area contributed by atoms with Crippen LogP contribution in [0.3, 0.4) is 0 Å². The van der Waals surface area contributed by atoms with Gasteiger partial charge in [-0.05, 0) is 72.1 Å². The zero-order valence-electron chi connectivity index (χ0n) is 12.1. The lowest BCUT2D eigenvalue weighted by atomic mass is 9.56. The Labute approximate surface area is 120 Å². The number of Topliss-reactive ketones (excluding diaryl/α,β-unsaturated/α-hetero) is 1. The number of aromatic hydroxyl groups is 1. The number of aryl methyl sites for hydroxylation is 1. The van der Waals surface area contributed by atoms with E-state index in [9.17, 15) is 9.90 Å². The Kier molecular flexibility index (Phi) is 2.55. The van der Waals surface area contributed by atoms with Crippen LogP contribution in [-0.2, 0) is 11.2 Å². The van der Waals surface area contributed by atoms with Gasteiger partial charge in [-0.2, -0.15) is 0 Å². The number of carbonyl (C=O) groups excluding carboxylic acids is 1. The Morgan fingerprint density at radius 1 is 1.30 bits per heavy atom. The van der Waals surface area contributed by atoms with E-state index in [0.29, 0.717) is 29.3 Å². The van der Waals surface area contributed by atoms with Crippen LogP contribution < -0.4 is 0 Å². The standard InChI is InChI=1S/C18H22O2/c1-18-7-6-15-14-5-3-12(19)8-11(14)2-4-16(15)17(18)9-13(20)10-18/h3,5,8,15-17,19H,2,4,6-7,9-10H2,1H3/t15-,16+,17+,18+/m1/s1. The molecule has 3 aliphatic carbocycles. The van der Waals surface area contributed by atoms with Crippen LogP contribution in [0.15, 0.2) is 18.2 Å². The van der Waals surface area contributed by atoms with Gasteiger partial charge >= 0.3 is 0 Å². The number of rotatable bonds is 0. The van der Waals surface area contributed by atoms with E-state index in [-0.39, 0.29) is 5.41 Å². The van der Waals surface area contributed by atoms with Gasteiger partial charge in [0.15, 0.2) is 0 Å². The molecule has 1 aromatic rings. The molecule has 3 aliphatic rings. The molecule has 2 fully saturated rings. The number of fused-ring (bicyclic) bond motifs is 5. The maximum absolute atomic E-state index is 11.9. The summed E-state index contributed by atoms with van der Waals surface area (Å²) >= 11 is 0. The number of ketones is 1. The first-order chi connectivity index (χ1) is 9.57. The summed E-state index contributed by atoms with van der Waals surface area (Å²) in [7, 11) is 0. The summed E-state index contributed by atoms with van der Waals surface area (Å²) in [5.41, 5.74) is 3.05. The number of phenols is 1. The molecule has 0 bridgehead atoms. The molecule has 0 aliphatic heterocycles. The van der Waals surface area contributed by atoms with Crippen molar-refractivity contribution in [3.63, 3.8) is 0 Å². The molecule has 0 heterocycles. The van der Waals surface area contributed by atoms with Gasteiger partial charge in [0.1, 0.15) is 11.5 Å². The molecule has 2 nitrogen and oxygen atoms in total. The summed E-state index contributed by atoms with van der Waals surface area (Å²) < 4.78 is 0. The minimum Gasteiger partial charge on any atom is -0.508 e. The van der Waals surface area contributed by atoms with Crippen molar-refractivity contribution in [2.75, 3.05) is 0 Å². The van der Waals surface area contributed by atoms with E-state index in [1.54, 1.807) is 0 Å². The quantitative estimate of drug-likeness (QED) is 0.778. The van der Waals surface area contributed by atoms with E-state index < -0.39 is 0 Å². The highest BCUT2D eigenvalue weighted by Crippen LogP contribution is 2.60. The number of carbonyl (C=O) groups is 1. The molecule has 0 amide bonds. The zero-order chi connectivity index (χ0) is 13.9. The van der Waals surface area contributed by atoms with Gasteiger partial charge in [-0.1, -0.05) is 13.0 Å². The number of benzene rings is 1. The van der Waals surface area contributed by atoms with Crippen molar-refractivity contribution in [1.29, 1.82) is 0 Å². The molecule has 0 unspecified atom stereocenters. The van der Waals surface area contributed by atoms with E-state index in [2.05, 4.69) is 13.0 Å². The number of hydrogen-bond donors (Lipinski definition) is 1. The van der Waals surface area contributed by atoms with Crippen LogP contribution in [0.5, 0.6) is 5.75 Å². The second-order valence-corrected chi connectivity index (χ2v) is 7.41. The molecule has 0 spiro atoms. The van der Waals surface area contributed by atoms with E-state index in [1.807, 2.05) is 12.1 Å². The Bertz CT molecular complexity index is 577. The van der Waals surface area contributed by atoms with Crippen molar-refractivity contribution in [1.82, 2.24) is 0 Å². The summed E-state index contributed by atoms with van der Waals surface area (Å²) in [6, 6.07) is 5.90. The average Bonchev–Trinajstić information content (AvgIpc) is 2.72. The summed E-state index contributed by atoms with van der Waals surface area (Å²) in [5, 5.41) is 9.67. The predicted molar refractivity (Wildman–Crippen MR) is 77.7 cm³/mol. The van der Waals surface area contributed by atoms with Gasteiger partial charge in [-0.25, -0.2) is 0 Å². The van der Waals surface area contributed by atoms with E-state index in [4.69, 9.17) is 0 Å². The maximum Gasteiger partial charge on any atom is 0.133 e. The Morgan fingerprint density at radius 3 is 3.00 bits per heavy atom. The van der Waals surface area contributed by atoms with Gasteiger partial charge < -0.3 is 5.11 Å². The Morgan fingerprint density at radius 2 is 2.15 bits per heavy atom. The molecule has 2 heteroatoms. The molecule has 0 aromatic heterocycles. The lowest BCUT2D eigenvalue weighted by molar-refractivity contribution is -0.118. The van der Waals surface area contributed by atoms with E-state index >= 15 is 0 Å². The van der Waals surface area contributed by atoms with Crippen LogP contribution in [0.1, 0.15) is 56.1 Å². The molecule has 1 aromatic carbocycles. The molecule has 20 heavy (non-hydrogen) atoms. The fraction of sp³-hybridized carbons (Fsp3) is 0.611. The lowest BCUT2D eigenvalue weighted by Gasteiger charge is -2.48. The zero-order valence-corrected chi connectivity index (χ0v) is 12.1. The van der Waals surface area contributed by atoms with Crippen molar-refractivity contribution in [3.8, 4) is 5.75 Å². The fourth-order valence-electron chi connectivity index (χ4n) is 5.35. The first kappa shape index (κ1) is 12.4. The van der Waals surface area contributed by atoms with Gasteiger partial charge in [-0.3, -0.25) is 4.79 Å². The average molecular weight is 270 g/mol. The second kappa shape index (κ2) is 4.09. The molecule has 0 saturated heterocycles. The van der Waals surface area contributed by atoms with Crippen molar-refractivity contribution in [3.05, 3.63) is 29.3 Å².